The second-order valence-electron chi connectivity index (χ2n) is 4.11. The molecule has 17 heavy (non-hydrogen) atoms. The van der Waals surface area contributed by atoms with Gasteiger partial charge in [0.05, 0.1) is 12.6 Å². The van der Waals surface area contributed by atoms with Gasteiger partial charge in [-0.15, -0.1) is 0 Å². The highest BCUT2D eigenvalue weighted by atomic mass is 19.1. The second-order valence-corrected chi connectivity index (χ2v) is 4.11. The van der Waals surface area contributed by atoms with E-state index < -0.39 is 11.7 Å². The fraction of sp³-hybridized carbons (Fsp3) is 0.417. The van der Waals surface area contributed by atoms with Crippen molar-refractivity contribution in [2.45, 2.75) is 18.9 Å². The first-order valence-electron chi connectivity index (χ1n) is 5.54. The Hall–Kier alpha value is -1.62. The van der Waals surface area contributed by atoms with Crippen LogP contribution in [0, 0.1) is 5.82 Å². The molecule has 92 valence electrons. The van der Waals surface area contributed by atoms with Crippen molar-refractivity contribution in [3.63, 3.8) is 0 Å². The quantitative estimate of drug-likeness (QED) is 0.813. The number of likely N-dealkylation sites (tertiary alicyclic amines) is 1. The SMILES string of the molecule is O=C(c1c(O)cccc1F)N1CCCC1CO. The molecule has 1 heterocycles. The third kappa shape index (κ3) is 2.10. The van der Waals surface area contributed by atoms with Gasteiger partial charge < -0.3 is 15.1 Å². The highest BCUT2D eigenvalue weighted by molar-refractivity contribution is 5.97. The maximum atomic E-state index is 13.5. The summed E-state index contributed by atoms with van der Waals surface area (Å²) < 4.78 is 13.5. The second kappa shape index (κ2) is 4.71. The Morgan fingerprint density at radius 2 is 2.29 bits per heavy atom. The van der Waals surface area contributed by atoms with Gasteiger partial charge in [-0.3, -0.25) is 4.79 Å². The van der Waals surface area contributed by atoms with E-state index in [9.17, 15) is 14.3 Å². The summed E-state index contributed by atoms with van der Waals surface area (Å²) in [6.45, 7) is 0.346. The van der Waals surface area contributed by atoms with Crippen LogP contribution >= 0.6 is 0 Å². The molecule has 0 spiro atoms. The van der Waals surface area contributed by atoms with E-state index in [0.29, 0.717) is 13.0 Å². The largest absolute Gasteiger partial charge is 0.507 e. The number of nitrogens with zero attached hydrogens (tertiary/aromatic N) is 1. The Morgan fingerprint density at radius 3 is 2.94 bits per heavy atom. The van der Waals surface area contributed by atoms with E-state index in [1.165, 1.54) is 17.0 Å². The number of amides is 1. The lowest BCUT2D eigenvalue weighted by Crippen LogP contribution is -2.38. The van der Waals surface area contributed by atoms with Gasteiger partial charge in [-0.25, -0.2) is 4.39 Å². The molecule has 0 aromatic heterocycles. The summed E-state index contributed by atoms with van der Waals surface area (Å²) in [6, 6.07) is 3.48. The Bertz CT molecular complexity index is 416. The normalized spacial score (nSPS) is 19.6. The molecule has 0 radical (unpaired) electrons. The molecule has 0 aliphatic carbocycles. The summed E-state index contributed by atoms with van der Waals surface area (Å²) in [5.74, 6) is -1.66. The lowest BCUT2D eigenvalue weighted by Gasteiger charge is -2.23. The molecule has 1 aliphatic heterocycles. The van der Waals surface area contributed by atoms with Crippen molar-refractivity contribution in [3.8, 4) is 5.75 Å². The van der Waals surface area contributed by atoms with E-state index in [4.69, 9.17) is 5.11 Å². The topological polar surface area (TPSA) is 60.8 Å². The molecule has 1 atom stereocenters. The van der Waals surface area contributed by atoms with Crippen molar-refractivity contribution in [2.24, 2.45) is 0 Å². The van der Waals surface area contributed by atoms with Crippen LogP contribution in [0.4, 0.5) is 4.39 Å². The summed E-state index contributed by atoms with van der Waals surface area (Å²) in [7, 11) is 0. The van der Waals surface area contributed by atoms with Gasteiger partial charge >= 0.3 is 0 Å². The molecular formula is C12H14FNO3. The predicted molar refractivity (Wildman–Crippen MR) is 59.2 cm³/mol. The molecule has 1 amide bonds. The van der Waals surface area contributed by atoms with E-state index in [1.54, 1.807) is 0 Å². The molecular weight excluding hydrogens is 225 g/mol. The standard InChI is InChI=1S/C12H14FNO3/c13-9-4-1-5-10(16)11(9)12(17)14-6-2-3-8(14)7-15/h1,4-5,8,15-16H,2-3,6-7H2. The molecule has 1 fully saturated rings. The summed E-state index contributed by atoms with van der Waals surface area (Å²) in [4.78, 5) is 13.5. The molecule has 0 saturated carbocycles. The van der Waals surface area contributed by atoms with Crippen LogP contribution in [0.5, 0.6) is 5.75 Å². The minimum absolute atomic E-state index is 0.138. The molecule has 5 heteroatoms. The number of aliphatic hydroxyl groups is 1. The predicted octanol–water partition coefficient (Wildman–Crippen LogP) is 1.13. The number of carbonyl (C=O) groups excluding carboxylic acids is 1. The summed E-state index contributed by atoms with van der Waals surface area (Å²) in [5.41, 5.74) is -0.312. The van der Waals surface area contributed by atoms with Gasteiger partial charge in [0.15, 0.2) is 0 Å². The maximum absolute atomic E-state index is 13.5. The van der Waals surface area contributed by atoms with E-state index in [1.807, 2.05) is 0 Å². The molecule has 1 aromatic carbocycles. The van der Waals surface area contributed by atoms with Crippen molar-refractivity contribution in [3.05, 3.63) is 29.6 Å². The highest BCUT2D eigenvalue weighted by Gasteiger charge is 2.31. The molecule has 0 bridgehead atoms. The van der Waals surface area contributed by atoms with Crippen LogP contribution in [0.15, 0.2) is 18.2 Å². The van der Waals surface area contributed by atoms with Crippen molar-refractivity contribution >= 4 is 5.91 Å². The lowest BCUT2D eigenvalue weighted by molar-refractivity contribution is 0.0669. The third-order valence-electron chi connectivity index (χ3n) is 3.05. The number of aliphatic hydroxyl groups excluding tert-OH is 1. The fourth-order valence-corrected chi connectivity index (χ4v) is 2.16. The number of carbonyl (C=O) groups is 1. The number of aromatic hydroxyl groups is 1. The van der Waals surface area contributed by atoms with Crippen LogP contribution in [0.25, 0.3) is 0 Å². The van der Waals surface area contributed by atoms with Crippen LogP contribution in [-0.2, 0) is 0 Å². The van der Waals surface area contributed by atoms with Crippen LogP contribution < -0.4 is 0 Å². The van der Waals surface area contributed by atoms with Crippen molar-refractivity contribution in [2.75, 3.05) is 13.2 Å². The third-order valence-corrected chi connectivity index (χ3v) is 3.05. The average Bonchev–Trinajstić information content (AvgIpc) is 2.76. The van der Waals surface area contributed by atoms with Gasteiger partial charge in [-0.2, -0.15) is 0 Å². The number of hydrogen-bond acceptors (Lipinski definition) is 3. The molecule has 2 rings (SSSR count). The van der Waals surface area contributed by atoms with Crippen LogP contribution in [0.2, 0.25) is 0 Å². The molecule has 2 N–H and O–H groups in total. The smallest absolute Gasteiger partial charge is 0.260 e. The van der Waals surface area contributed by atoms with E-state index >= 15 is 0 Å². The first-order chi connectivity index (χ1) is 8.15. The Balaban J connectivity index is 2.31. The molecule has 1 aromatic rings. The first kappa shape index (κ1) is 11.9. The number of rotatable bonds is 2. The monoisotopic (exact) mass is 239 g/mol. The first-order valence-corrected chi connectivity index (χ1v) is 5.54. The van der Waals surface area contributed by atoms with Gasteiger partial charge in [-0.1, -0.05) is 6.07 Å². The van der Waals surface area contributed by atoms with Crippen LogP contribution in [0.3, 0.4) is 0 Å². The number of phenols is 1. The number of phenolic OH excluding ortho intramolecular Hbond substituents is 1. The molecule has 4 nitrogen and oxygen atoms in total. The van der Waals surface area contributed by atoms with Crippen molar-refractivity contribution in [1.82, 2.24) is 4.90 Å². The van der Waals surface area contributed by atoms with Gasteiger partial charge in [-0.05, 0) is 25.0 Å². The average molecular weight is 239 g/mol. The van der Waals surface area contributed by atoms with Gasteiger partial charge in [0, 0.05) is 6.54 Å². The van der Waals surface area contributed by atoms with Gasteiger partial charge in [0.1, 0.15) is 17.1 Å². The van der Waals surface area contributed by atoms with E-state index in [2.05, 4.69) is 0 Å². The zero-order valence-corrected chi connectivity index (χ0v) is 9.27. The minimum atomic E-state index is -0.737. The van der Waals surface area contributed by atoms with Crippen molar-refractivity contribution < 1.29 is 19.4 Å². The van der Waals surface area contributed by atoms with E-state index in [-0.39, 0.29) is 24.0 Å². The summed E-state index contributed by atoms with van der Waals surface area (Å²) in [5, 5.41) is 18.7. The van der Waals surface area contributed by atoms with Gasteiger partial charge in [0.25, 0.3) is 5.91 Å². The van der Waals surface area contributed by atoms with E-state index in [0.717, 1.165) is 12.5 Å². The fourth-order valence-electron chi connectivity index (χ4n) is 2.16. The minimum Gasteiger partial charge on any atom is -0.507 e. The molecule has 1 aliphatic rings. The maximum Gasteiger partial charge on any atom is 0.260 e. The molecule has 1 saturated heterocycles. The van der Waals surface area contributed by atoms with Gasteiger partial charge in [0.2, 0.25) is 0 Å². The summed E-state index contributed by atoms with van der Waals surface area (Å²) in [6.07, 6.45) is 1.49. The van der Waals surface area contributed by atoms with Crippen molar-refractivity contribution in [1.29, 1.82) is 0 Å². The number of hydrogen-bond donors (Lipinski definition) is 2. The zero-order valence-electron chi connectivity index (χ0n) is 9.27. The Kier molecular flexibility index (Phi) is 3.28. The number of benzene rings is 1. The summed E-state index contributed by atoms with van der Waals surface area (Å²) >= 11 is 0. The number of halogens is 1. The Morgan fingerprint density at radius 1 is 1.53 bits per heavy atom. The lowest BCUT2D eigenvalue weighted by atomic mass is 10.1. The van der Waals surface area contributed by atoms with Crippen LogP contribution in [0.1, 0.15) is 23.2 Å². The zero-order chi connectivity index (χ0) is 12.4. The molecule has 1 unspecified atom stereocenters. The van der Waals surface area contributed by atoms with Crippen LogP contribution in [-0.4, -0.2) is 40.2 Å². The Labute approximate surface area is 98.3 Å². The highest BCUT2D eigenvalue weighted by Crippen LogP contribution is 2.26.